The zero-order valence-corrected chi connectivity index (χ0v) is 16.0. The van der Waals surface area contributed by atoms with Gasteiger partial charge in [-0.2, -0.15) is 0 Å². The molecule has 0 radical (unpaired) electrons. The molecule has 4 rings (SSSR count). The van der Waals surface area contributed by atoms with E-state index in [1.54, 1.807) is 0 Å². The molecule has 1 amide bonds. The van der Waals surface area contributed by atoms with Crippen molar-refractivity contribution in [3.63, 3.8) is 0 Å². The Bertz CT molecular complexity index is 962. The molecule has 3 nitrogen and oxygen atoms in total. The van der Waals surface area contributed by atoms with Crippen LogP contribution in [-0.2, 0) is 0 Å². The molecular weight excluding hydrogens is 332 g/mol. The van der Waals surface area contributed by atoms with E-state index >= 15 is 0 Å². The van der Waals surface area contributed by atoms with E-state index in [4.69, 9.17) is 4.98 Å². The number of amides is 1. The van der Waals surface area contributed by atoms with E-state index in [1.165, 1.54) is 24.8 Å². The van der Waals surface area contributed by atoms with Gasteiger partial charge in [0.25, 0.3) is 5.91 Å². The van der Waals surface area contributed by atoms with Crippen LogP contribution in [0.2, 0.25) is 0 Å². The molecule has 0 spiro atoms. The molecule has 138 valence electrons. The number of hydrogen-bond donors (Lipinski definition) is 1. The molecule has 1 saturated carbocycles. The van der Waals surface area contributed by atoms with Gasteiger partial charge in [0, 0.05) is 17.0 Å². The summed E-state index contributed by atoms with van der Waals surface area (Å²) >= 11 is 0. The molecule has 2 aromatic carbocycles. The number of para-hydroxylation sites is 1. The molecule has 0 bridgehead atoms. The second-order valence-electron chi connectivity index (χ2n) is 7.78. The van der Waals surface area contributed by atoms with Gasteiger partial charge in [0.15, 0.2) is 0 Å². The van der Waals surface area contributed by atoms with E-state index in [9.17, 15) is 4.79 Å². The van der Waals surface area contributed by atoms with Crippen LogP contribution in [0.5, 0.6) is 0 Å². The fourth-order valence-corrected chi connectivity index (χ4v) is 4.01. The Hall–Kier alpha value is -2.68. The largest absolute Gasteiger partial charge is 0.349 e. The fourth-order valence-electron chi connectivity index (χ4n) is 4.01. The highest BCUT2D eigenvalue weighted by Gasteiger charge is 2.24. The van der Waals surface area contributed by atoms with Crippen molar-refractivity contribution < 1.29 is 4.79 Å². The first-order valence-corrected chi connectivity index (χ1v) is 9.89. The summed E-state index contributed by atoms with van der Waals surface area (Å²) in [7, 11) is 0. The van der Waals surface area contributed by atoms with Gasteiger partial charge in [-0.3, -0.25) is 4.79 Å². The third-order valence-electron chi connectivity index (χ3n) is 5.74. The second kappa shape index (κ2) is 7.51. The van der Waals surface area contributed by atoms with Gasteiger partial charge >= 0.3 is 0 Å². The molecule has 0 aliphatic heterocycles. The number of nitrogens with one attached hydrogen (secondary N) is 1. The summed E-state index contributed by atoms with van der Waals surface area (Å²) in [5, 5.41) is 4.21. The Labute approximate surface area is 160 Å². The summed E-state index contributed by atoms with van der Waals surface area (Å²) in [4.78, 5) is 18.0. The molecule has 1 aromatic heterocycles. The predicted molar refractivity (Wildman–Crippen MR) is 111 cm³/mol. The van der Waals surface area contributed by atoms with Gasteiger partial charge in [0.2, 0.25) is 0 Å². The SMILES string of the molecule is Cc1ccc(-c2cc(C(=O)N[C@H]3CCCC[C@H]3C)c3ccccc3n2)cc1. The zero-order chi connectivity index (χ0) is 18.8. The number of rotatable bonds is 3. The van der Waals surface area contributed by atoms with Crippen molar-refractivity contribution in [3.8, 4) is 11.3 Å². The molecule has 27 heavy (non-hydrogen) atoms. The van der Waals surface area contributed by atoms with Crippen LogP contribution in [0, 0.1) is 12.8 Å². The van der Waals surface area contributed by atoms with Crippen LogP contribution in [0.15, 0.2) is 54.6 Å². The van der Waals surface area contributed by atoms with Crippen molar-refractivity contribution in [1.82, 2.24) is 10.3 Å². The minimum atomic E-state index is 0.0145. The highest BCUT2D eigenvalue weighted by molar-refractivity contribution is 6.07. The summed E-state index contributed by atoms with van der Waals surface area (Å²) in [5.41, 5.74) is 4.66. The van der Waals surface area contributed by atoms with E-state index in [-0.39, 0.29) is 11.9 Å². The minimum Gasteiger partial charge on any atom is -0.349 e. The number of fused-ring (bicyclic) bond motifs is 1. The molecular formula is C24H26N2O. The van der Waals surface area contributed by atoms with Gasteiger partial charge in [-0.15, -0.1) is 0 Å². The van der Waals surface area contributed by atoms with E-state index in [2.05, 4.69) is 43.4 Å². The lowest BCUT2D eigenvalue weighted by Crippen LogP contribution is -2.41. The maximum atomic E-state index is 13.2. The first kappa shape index (κ1) is 17.7. The van der Waals surface area contributed by atoms with Crippen molar-refractivity contribution in [2.24, 2.45) is 5.92 Å². The average molecular weight is 358 g/mol. The molecule has 1 aliphatic carbocycles. The summed E-state index contributed by atoms with van der Waals surface area (Å²) < 4.78 is 0. The third kappa shape index (κ3) is 3.73. The van der Waals surface area contributed by atoms with E-state index < -0.39 is 0 Å². The molecule has 1 N–H and O–H groups in total. The van der Waals surface area contributed by atoms with Crippen LogP contribution < -0.4 is 5.32 Å². The van der Waals surface area contributed by atoms with Gasteiger partial charge in [0.05, 0.1) is 16.8 Å². The standard InChI is InChI=1S/C24H26N2O/c1-16-11-13-18(14-12-16)23-15-20(19-8-4-6-10-22(19)25-23)24(27)26-21-9-5-3-7-17(21)2/h4,6,8,10-15,17,21H,3,5,7,9H2,1-2H3,(H,26,27)/t17-,21+/m1/s1. The maximum absolute atomic E-state index is 13.2. The fraction of sp³-hybridized carbons (Fsp3) is 0.333. The van der Waals surface area contributed by atoms with Crippen LogP contribution in [0.3, 0.4) is 0 Å². The number of aromatic nitrogens is 1. The maximum Gasteiger partial charge on any atom is 0.252 e. The highest BCUT2D eigenvalue weighted by Crippen LogP contribution is 2.27. The van der Waals surface area contributed by atoms with Crippen molar-refractivity contribution >= 4 is 16.8 Å². The molecule has 1 fully saturated rings. The van der Waals surface area contributed by atoms with Crippen molar-refractivity contribution in [2.75, 3.05) is 0 Å². The zero-order valence-electron chi connectivity index (χ0n) is 16.0. The van der Waals surface area contributed by atoms with E-state index in [0.717, 1.165) is 28.6 Å². The second-order valence-corrected chi connectivity index (χ2v) is 7.78. The first-order chi connectivity index (χ1) is 13.1. The Morgan fingerprint density at radius 2 is 1.78 bits per heavy atom. The number of pyridine rings is 1. The molecule has 3 aromatic rings. The Morgan fingerprint density at radius 1 is 1.04 bits per heavy atom. The quantitative estimate of drug-likeness (QED) is 0.670. The predicted octanol–water partition coefficient (Wildman–Crippen LogP) is 5.52. The van der Waals surface area contributed by atoms with Crippen LogP contribution in [-0.4, -0.2) is 16.9 Å². The monoisotopic (exact) mass is 358 g/mol. The number of nitrogens with zero attached hydrogens (tertiary/aromatic N) is 1. The smallest absolute Gasteiger partial charge is 0.252 e. The molecule has 0 unspecified atom stereocenters. The Kier molecular flexibility index (Phi) is 4.93. The molecule has 0 saturated heterocycles. The Morgan fingerprint density at radius 3 is 2.56 bits per heavy atom. The van der Waals surface area contributed by atoms with Crippen LogP contribution in [0.25, 0.3) is 22.2 Å². The summed E-state index contributed by atoms with van der Waals surface area (Å²) in [6.07, 6.45) is 4.72. The number of carbonyl (C=O) groups excluding carboxylic acids is 1. The van der Waals surface area contributed by atoms with Gasteiger partial charge in [-0.25, -0.2) is 4.98 Å². The highest BCUT2D eigenvalue weighted by atomic mass is 16.1. The van der Waals surface area contributed by atoms with Crippen molar-refractivity contribution in [3.05, 3.63) is 65.7 Å². The first-order valence-electron chi connectivity index (χ1n) is 9.89. The summed E-state index contributed by atoms with van der Waals surface area (Å²) in [5.74, 6) is 0.549. The average Bonchev–Trinajstić information content (AvgIpc) is 2.69. The van der Waals surface area contributed by atoms with Crippen LogP contribution >= 0.6 is 0 Å². The lowest BCUT2D eigenvalue weighted by Gasteiger charge is -2.29. The van der Waals surface area contributed by atoms with Gasteiger partial charge in [-0.1, -0.05) is 67.8 Å². The number of benzene rings is 2. The third-order valence-corrected chi connectivity index (χ3v) is 5.74. The van der Waals surface area contributed by atoms with E-state index in [0.29, 0.717) is 11.5 Å². The Balaban J connectivity index is 1.74. The molecule has 1 aliphatic rings. The van der Waals surface area contributed by atoms with Gasteiger partial charge in [0.1, 0.15) is 0 Å². The van der Waals surface area contributed by atoms with Crippen molar-refractivity contribution in [1.29, 1.82) is 0 Å². The summed E-state index contributed by atoms with van der Waals surface area (Å²) in [6.45, 7) is 4.31. The van der Waals surface area contributed by atoms with Gasteiger partial charge < -0.3 is 5.32 Å². The lowest BCUT2D eigenvalue weighted by molar-refractivity contribution is 0.0912. The minimum absolute atomic E-state index is 0.0145. The molecule has 1 heterocycles. The van der Waals surface area contributed by atoms with Gasteiger partial charge in [-0.05, 0) is 37.8 Å². The lowest BCUT2D eigenvalue weighted by atomic mass is 9.85. The molecule has 2 atom stereocenters. The van der Waals surface area contributed by atoms with Crippen LogP contribution in [0.1, 0.15) is 48.5 Å². The summed E-state index contributed by atoms with van der Waals surface area (Å²) in [6, 6.07) is 18.4. The molecule has 3 heteroatoms. The van der Waals surface area contributed by atoms with Crippen LogP contribution in [0.4, 0.5) is 0 Å². The number of carbonyl (C=O) groups is 1. The normalized spacial score (nSPS) is 19.8. The number of hydrogen-bond acceptors (Lipinski definition) is 2. The van der Waals surface area contributed by atoms with E-state index in [1.807, 2.05) is 30.3 Å². The topological polar surface area (TPSA) is 42.0 Å². The number of aryl methyl sites for hydroxylation is 1. The van der Waals surface area contributed by atoms with Crippen molar-refractivity contribution in [2.45, 2.75) is 45.6 Å².